The Morgan fingerprint density at radius 3 is 2.78 bits per heavy atom. The second kappa shape index (κ2) is 8.98. The maximum atomic E-state index is 14.9. The molecular weight excluding hydrogens is 490 g/mol. The molecule has 0 aromatic carbocycles. The lowest BCUT2D eigenvalue weighted by Crippen LogP contribution is -2.36. The van der Waals surface area contributed by atoms with E-state index in [0.29, 0.717) is 0 Å². The van der Waals surface area contributed by atoms with Crippen molar-refractivity contribution in [2.24, 2.45) is 0 Å². The number of anilines is 1. The number of aromatic nitrogens is 6. The zero-order chi connectivity index (χ0) is 25.4. The first-order chi connectivity index (χ1) is 17.2. The molecule has 1 aliphatic rings. The lowest BCUT2D eigenvalue weighted by molar-refractivity contribution is -0.0609. The topological polar surface area (TPSA) is 130 Å². The van der Waals surface area contributed by atoms with Crippen molar-refractivity contribution in [3.8, 4) is 22.9 Å². The highest BCUT2D eigenvalue weighted by atomic mass is 19.3. The van der Waals surface area contributed by atoms with Crippen LogP contribution in [0.5, 0.6) is 11.6 Å². The highest BCUT2D eigenvalue weighted by Crippen LogP contribution is 2.36. The van der Waals surface area contributed by atoms with Crippen molar-refractivity contribution >= 4 is 11.3 Å². The summed E-state index contributed by atoms with van der Waals surface area (Å²) in [7, 11) is 0. The number of nitrogens with one attached hydrogen (secondary N) is 2. The van der Waals surface area contributed by atoms with Gasteiger partial charge in [-0.1, -0.05) is 0 Å². The zero-order valence-corrected chi connectivity index (χ0v) is 18.2. The quantitative estimate of drug-likeness (QED) is 0.362. The number of imidazole rings is 1. The molecule has 0 unspecified atom stereocenters. The number of nitrogens with zero attached hydrogens (tertiary/aromatic N) is 5. The van der Waals surface area contributed by atoms with Crippen LogP contribution >= 0.6 is 0 Å². The zero-order valence-electron chi connectivity index (χ0n) is 18.2. The van der Waals surface area contributed by atoms with Gasteiger partial charge in [-0.25, -0.2) is 36.8 Å². The van der Waals surface area contributed by atoms with Crippen LogP contribution in [-0.2, 0) is 0 Å². The SMILES string of the molecule is O=c1[nH]cc(-c2cc(N3C[C@H](Oc4ccc(OCC(F)F)cn4)C(F)(F)C3)c3nccn3n2)c(=O)[nH]1. The summed E-state index contributed by atoms with van der Waals surface area (Å²) in [6, 6.07) is 3.97. The van der Waals surface area contributed by atoms with Crippen molar-refractivity contribution in [2.45, 2.75) is 18.5 Å². The maximum absolute atomic E-state index is 14.9. The molecule has 1 atom stereocenters. The predicted octanol–water partition coefficient (Wildman–Crippen LogP) is 1.71. The third kappa shape index (κ3) is 4.58. The summed E-state index contributed by atoms with van der Waals surface area (Å²) >= 11 is 0. The summed E-state index contributed by atoms with van der Waals surface area (Å²) in [6.07, 6.45) is 0.944. The van der Waals surface area contributed by atoms with Crippen molar-refractivity contribution in [1.82, 2.24) is 29.5 Å². The fourth-order valence-corrected chi connectivity index (χ4v) is 3.75. The average molecular weight is 507 g/mol. The second-order valence-electron chi connectivity index (χ2n) is 7.88. The Hall–Kier alpha value is -4.43. The number of aromatic amines is 2. The largest absolute Gasteiger partial charge is 0.486 e. The third-order valence-corrected chi connectivity index (χ3v) is 5.38. The van der Waals surface area contributed by atoms with Crippen molar-refractivity contribution in [3.63, 3.8) is 0 Å². The molecule has 0 bridgehead atoms. The normalized spacial score (nSPS) is 17.1. The maximum Gasteiger partial charge on any atom is 0.325 e. The number of ether oxygens (including phenoxy) is 2. The predicted molar refractivity (Wildman–Crippen MR) is 117 cm³/mol. The van der Waals surface area contributed by atoms with Crippen molar-refractivity contribution in [1.29, 1.82) is 0 Å². The van der Waals surface area contributed by atoms with Gasteiger partial charge in [0.25, 0.3) is 12.0 Å². The van der Waals surface area contributed by atoms with Gasteiger partial charge < -0.3 is 19.4 Å². The summed E-state index contributed by atoms with van der Waals surface area (Å²) in [5, 5.41) is 4.28. The molecule has 2 N–H and O–H groups in total. The molecule has 0 saturated carbocycles. The van der Waals surface area contributed by atoms with Gasteiger partial charge in [-0.15, -0.1) is 0 Å². The number of fused-ring (bicyclic) bond motifs is 1. The molecule has 0 amide bonds. The Kier molecular flexibility index (Phi) is 5.81. The van der Waals surface area contributed by atoms with Gasteiger partial charge in [-0.2, -0.15) is 5.10 Å². The van der Waals surface area contributed by atoms with E-state index < -0.39 is 42.9 Å². The van der Waals surface area contributed by atoms with Crippen LogP contribution in [0.15, 0.2) is 52.6 Å². The van der Waals surface area contributed by atoms with Crippen LogP contribution in [0.1, 0.15) is 0 Å². The van der Waals surface area contributed by atoms with Crippen molar-refractivity contribution < 1.29 is 27.0 Å². The Balaban J connectivity index is 1.41. The molecule has 4 aromatic rings. The first kappa shape index (κ1) is 23.3. The van der Waals surface area contributed by atoms with Gasteiger partial charge >= 0.3 is 11.6 Å². The molecule has 1 saturated heterocycles. The summed E-state index contributed by atoms with van der Waals surface area (Å²) in [5.41, 5.74) is -0.698. The Bertz CT molecular complexity index is 1500. The number of H-pyrrole nitrogens is 2. The average Bonchev–Trinajstić information content (AvgIpc) is 3.41. The fraction of sp³-hybridized carbons (Fsp3) is 0.286. The van der Waals surface area contributed by atoms with Crippen LogP contribution in [0.4, 0.5) is 23.2 Å². The number of pyridine rings is 1. The number of alkyl halides is 4. The summed E-state index contributed by atoms with van der Waals surface area (Å²) in [5.74, 6) is -3.38. The molecule has 36 heavy (non-hydrogen) atoms. The van der Waals surface area contributed by atoms with Crippen LogP contribution in [0.25, 0.3) is 16.9 Å². The van der Waals surface area contributed by atoms with E-state index in [1.54, 1.807) is 0 Å². The van der Waals surface area contributed by atoms with Crippen LogP contribution in [-0.4, -0.2) is 67.7 Å². The van der Waals surface area contributed by atoms with Crippen molar-refractivity contribution in [3.05, 3.63) is 63.8 Å². The van der Waals surface area contributed by atoms with E-state index in [1.807, 2.05) is 0 Å². The molecule has 5 heterocycles. The van der Waals surface area contributed by atoms with Gasteiger partial charge in [-0.3, -0.25) is 9.78 Å². The van der Waals surface area contributed by atoms with E-state index in [9.17, 15) is 27.2 Å². The molecule has 0 aliphatic carbocycles. The van der Waals surface area contributed by atoms with Crippen LogP contribution in [0.2, 0.25) is 0 Å². The summed E-state index contributed by atoms with van der Waals surface area (Å²) in [4.78, 5) is 37.5. The molecule has 1 aliphatic heterocycles. The van der Waals surface area contributed by atoms with Gasteiger partial charge in [0.05, 0.1) is 30.5 Å². The van der Waals surface area contributed by atoms with Crippen LogP contribution in [0.3, 0.4) is 0 Å². The molecule has 188 valence electrons. The Morgan fingerprint density at radius 2 is 2.06 bits per heavy atom. The monoisotopic (exact) mass is 507 g/mol. The first-order valence-electron chi connectivity index (χ1n) is 10.5. The van der Waals surface area contributed by atoms with Gasteiger partial charge in [-0.05, 0) is 12.1 Å². The minimum absolute atomic E-state index is 0.0311. The standard InChI is InChI=1S/C21H17F4N7O4/c22-16(23)9-35-11-1-2-17(27-6-11)36-15-8-31(10-21(15,24)25)14-5-13(30-32-4-3-26-18(14)32)12-7-28-20(34)29-19(12)33/h1-7,15-16H,8-10H2,(H2,28,29,33,34)/t15-/m0/s1. The molecule has 15 heteroatoms. The van der Waals surface area contributed by atoms with Crippen LogP contribution in [0, 0.1) is 0 Å². The first-order valence-corrected chi connectivity index (χ1v) is 10.5. The van der Waals surface area contributed by atoms with Crippen LogP contribution < -0.4 is 25.6 Å². The molecule has 0 radical (unpaired) electrons. The van der Waals surface area contributed by atoms with E-state index in [0.717, 1.165) is 6.20 Å². The lowest BCUT2D eigenvalue weighted by Gasteiger charge is -2.19. The summed E-state index contributed by atoms with van der Waals surface area (Å²) < 4.78 is 66.0. The van der Waals surface area contributed by atoms with E-state index in [1.165, 1.54) is 46.2 Å². The smallest absolute Gasteiger partial charge is 0.325 e. The molecular formula is C21H17F4N7O4. The third-order valence-electron chi connectivity index (χ3n) is 5.38. The Morgan fingerprint density at radius 1 is 1.22 bits per heavy atom. The minimum atomic E-state index is -3.30. The molecule has 11 nitrogen and oxygen atoms in total. The van der Waals surface area contributed by atoms with Gasteiger partial charge in [0, 0.05) is 24.7 Å². The van der Waals surface area contributed by atoms with Gasteiger partial charge in [0.15, 0.2) is 11.8 Å². The minimum Gasteiger partial charge on any atom is -0.486 e. The highest BCUT2D eigenvalue weighted by molar-refractivity contribution is 5.74. The number of rotatable bonds is 7. The van der Waals surface area contributed by atoms with E-state index >= 15 is 0 Å². The van der Waals surface area contributed by atoms with Crippen molar-refractivity contribution in [2.75, 3.05) is 24.6 Å². The number of hydrogen-bond donors (Lipinski definition) is 2. The number of hydrogen-bond acceptors (Lipinski definition) is 8. The van der Waals surface area contributed by atoms with E-state index in [2.05, 4.69) is 25.0 Å². The molecule has 4 aromatic heterocycles. The molecule has 1 fully saturated rings. The Labute approximate surface area is 198 Å². The van der Waals surface area contributed by atoms with Gasteiger partial charge in [0.1, 0.15) is 18.1 Å². The second-order valence-corrected chi connectivity index (χ2v) is 7.88. The molecule has 0 spiro atoms. The van der Waals surface area contributed by atoms with Gasteiger partial charge in [0.2, 0.25) is 5.88 Å². The highest BCUT2D eigenvalue weighted by Gasteiger charge is 2.51. The van der Waals surface area contributed by atoms with E-state index in [-0.39, 0.29) is 40.8 Å². The lowest BCUT2D eigenvalue weighted by atomic mass is 10.2. The number of halogens is 4. The summed E-state index contributed by atoms with van der Waals surface area (Å²) in [6.45, 7) is -1.80. The fourth-order valence-electron chi connectivity index (χ4n) is 3.75. The molecule has 5 rings (SSSR count). The van der Waals surface area contributed by atoms with E-state index in [4.69, 9.17) is 9.47 Å².